The van der Waals surface area contributed by atoms with Crippen LogP contribution in [-0.4, -0.2) is 29.6 Å². The van der Waals surface area contributed by atoms with Gasteiger partial charge in [0, 0.05) is 29.3 Å². The van der Waals surface area contributed by atoms with Gasteiger partial charge in [-0.1, -0.05) is 17.7 Å². The van der Waals surface area contributed by atoms with Gasteiger partial charge in [0.05, 0.1) is 0 Å². The number of hydrogen-bond donors (Lipinski definition) is 2. The molecule has 2 unspecified atom stereocenters. The minimum atomic E-state index is -0.0864. The van der Waals surface area contributed by atoms with Crippen LogP contribution in [0.25, 0.3) is 0 Å². The zero-order valence-electron chi connectivity index (χ0n) is 10.4. The molecule has 18 heavy (non-hydrogen) atoms. The highest BCUT2D eigenvalue weighted by Crippen LogP contribution is 2.19. The molecule has 1 heterocycles. The third kappa shape index (κ3) is 3.15. The number of anilines is 1. The molecule has 1 aromatic carbocycles. The fourth-order valence-electron chi connectivity index (χ4n) is 2.27. The maximum Gasteiger partial charge on any atom is 0.322 e. The lowest BCUT2D eigenvalue weighted by Crippen LogP contribution is -2.49. The molecule has 4 nitrogen and oxygen atoms in total. The van der Waals surface area contributed by atoms with E-state index in [1.54, 1.807) is 12.1 Å². The van der Waals surface area contributed by atoms with Crippen molar-refractivity contribution in [3.05, 3.63) is 29.3 Å². The third-order valence-electron chi connectivity index (χ3n) is 3.25. The molecule has 0 spiro atoms. The van der Waals surface area contributed by atoms with Crippen LogP contribution >= 0.6 is 11.6 Å². The molecule has 1 aromatic rings. The predicted molar refractivity (Wildman–Crippen MR) is 73.8 cm³/mol. The van der Waals surface area contributed by atoms with E-state index >= 15 is 0 Å². The number of piperidine rings is 1. The highest BCUT2D eigenvalue weighted by Gasteiger charge is 2.26. The minimum absolute atomic E-state index is 0.0864. The average Bonchev–Trinajstić information content (AvgIpc) is 2.28. The summed E-state index contributed by atoms with van der Waals surface area (Å²) in [4.78, 5) is 14.0. The second-order valence-electron chi connectivity index (χ2n) is 4.77. The van der Waals surface area contributed by atoms with Crippen LogP contribution in [-0.2, 0) is 0 Å². The van der Waals surface area contributed by atoms with Crippen molar-refractivity contribution in [3.8, 4) is 0 Å². The van der Waals surface area contributed by atoms with E-state index in [0.29, 0.717) is 11.6 Å². The SMILES string of the molecule is CC1CC(N)CCN1C(=O)Nc1cccc(Cl)c1. The Bertz CT molecular complexity index is 438. The van der Waals surface area contributed by atoms with Gasteiger partial charge in [-0.2, -0.15) is 0 Å². The number of benzene rings is 1. The molecule has 2 rings (SSSR count). The molecule has 0 bridgehead atoms. The molecular formula is C13H18ClN3O. The summed E-state index contributed by atoms with van der Waals surface area (Å²) >= 11 is 5.88. The Labute approximate surface area is 112 Å². The second kappa shape index (κ2) is 5.59. The van der Waals surface area contributed by atoms with Crippen LogP contribution in [0.4, 0.5) is 10.5 Å². The van der Waals surface area contributed by atoms with Crippen LogP contribution in [0.5, 0.6) is 0 Å². The van der Waals surface area contributed by atoms with Gasteiger partial charge in [0.2, 0.25) is 0 Å². The molecule has 0 radical (unpaired) electrons. The first-order valence-electron chi connectivity index (χ1n) is 6.15. The van der Waals surface area contributed by atoms with Crippen molar-refractivity contribution in [3.63, 3.8) is 0 Å². The monoisotopic (exact) mass is 267 g/mol. The number of carbonyl (C=O) groups excluding carboxylic acids is 1. The van der Waals surface area contributed by atoms with Crippen LogP contribution in [0, 0.1) is 0 Å². The van der Waals surface area contributed by atoms with Crippen LogP contribution in [0.15, 0.2) is 24.3 Å². The summed E-state index contributed by atoms with van der Waals surface area (Å²) in [6, 6.07) is 7.44. The fraction of sp³-hybridized carbons (Fsp3) is 0.462. The Morgan fingerprint density at radius 3 is 3.00 bits per heavy atom. The molecule has 0 aromatic heterocycles. The van der Waals surface area contributed by atoms with Crippen molar-refractivity contribution >= 4 is 23.3 Å². The van der Waals surface area contributed by atoms with Crippen LogP contribution < -0.4 is 11.1 Å². The Kier molecular flexibility index (Phi) is 4.09. The number of rotatable bonds is 1. The Hall–Kier alpha value is -1.26. The molecule has 1 aliphatic heterocycles. The number of likely N-dealkylation sites (tertiary alicyclic amines) is 1. The quantitative estimate of drug-likeness (QED) is 0.822. The lowest BCUT2D eigenvalue weighted by molar-refractivity contribution is 0.163. The first-order valence-corrected chi connectivity index (χ1v) is 6.53. The van der Waals surface area contributed by atoms with E-state index in [1.807, 2.05) is 24.0 Å². The highest BCUT2D eigenvalue weighted by molar-refractivity contribution is 6.30. The van der Waals surface area contributed by atoms with Gasteiger partial charge in [0.1, 0.15) is 0 Å². The number of hydrogen-bond acceptors (Lipinski definition) is 2. The molecule has 2 amide bonds. The van der Waals surface area contributed by atoms with Gasteiger partial charge < -0.3 is 16.0 Å². The first kappa shape index (κ1) is 13.2. The van der Waals surface area contributed by atoms with E-state index in [9.17, 15) is 4.79 Å². The lowest BCUT2D eigenvalue weighted by atomic mass is 10.00. The van der Waals surface area contributed by atoms with Gasteiger partial charge in [-0.25, -0.2) is 4.79 Å². The van der Waals surface area contributed by atoms with Crippen molar-refractivity contribution in [2.45, 2.75) is 31.8 Å². The molecule has 1 aliphatic rings. The number of halogens is 1. The number of amides is 2. The molecule has 1 saturated heterocycles. The molecule has 2 atom stereocenters. The molecule has 3 N–H and O–H groups in total. The van der Waals surface area contributed by atoms with Crippen molar-refractivity contribution in [1.29, 1.82) is 0 Å². The van der Waals surface area contributed by atoms with E-state index in [-0.39, 0.29) is 18.1 Å². The maximum absolute atomic E-state index is 12.1. The summed E-state index contributed by atoms with van der Waals surface area (Å²) in [6.07, 6.45) is 1.70. The fourth-order valence-corrected chi connectivity index (χ4v) is 2.46. The Balaban J connectivity index is 1.99. The van der Waals surface area contributed by atoms with E-state index in [0.717, 1.165) is 18.5 Å². The smallest absolute Gasteiger partial charge is 0.322 e. The normalized spacial score (nSPS) is 23.8. The number of carbonyl (C=O) groups is 1. The van der Waals surface area contributed by atoms with Crippen molar-refractivity contribution < 1.29 is 4.79 Å². The molecule has 98 valence electrons. The van der Waals surface area contributed by atoms with Crippen molar-refractivity contribution in [2.24, 2.45) is 5.73 Å². The van der Waals surface area contributed by atoms with E-state index in [1.165, 1.54) is 0 Å². The standard InChI is InChI=1S/C13H18ClN3O/c1-9-7-11(15)5-6-17(9)13(18)16-12-4-2-3-10(14)8-12/h2-4,8-9,11H,5-7,15H2,1H3,(H,16,18). The average molecular weight is 268 g/mol. The topological polar surface area (TPSA) is 58.4 Å². The summed E-state index contributed by atoms with van der Waals surface area (Å²) < 4.78 is 0. The van der Waals surface area contributed by atoms with Gasteiger partial charge in [0.15, 0.2) is 0 Å². The van der Waals surface area contributed by atoms with Gasteiger partial charge >= 0.3 is 6.03 Å². The maximum atomic E-state index is 12.1. The number of nitrogens with two attached hydrogens (primary N) is 1. The summed E-state index contributed by atoms with van der Waals surface area (Å²) in [5, 5.41) is 3.47. The highest BCUT2D eigenvalue weighted by atomic mass is 35.5. The summed E-state index contributed by atoms with van der Waals surface area (Å²) in [7, 11) is 0. The summed E-state index contributed by atoms with van der Waals surface area (Å²) in [6.45, 7) is 2.73. The van der Waals surface area contributed by atoms with Gasteiger partial charge in [-0.3, -0.25) is 0 Å². The van der Waals surface area contributed by atoms with Crippen LogP contribution in [0.1, 0.15) is 19.8 Å². The minimum Gasteiger partial charge on any atom is -0.328 e. The van der Waals surface area contributed by atoms with E-state index in [4.69, 9.17) is 17.3 Å². The summed E-state index contributed by atoms with van der Waals surface area (Å²) in [5.41, 5.74) is 6.60. The Morgan fingerprint density at radius 1 is 1.56 bits per heavy atom. The lowest BCUT2D eigenvalue weighted by Gasteiger charge is -2.36. The molecule has 0 saturated carbocycles. The van der Waals surface area contributed by atoms with Crippen LogP contribution in [0.2, 0.25) is 5.02 Å². The van der Waals surface area contributed by atoms with E-state index in [2.05, 4.69) is 5.32 Å². The first-order chi connectivity index (χ1) is 8.56. The third-order valence-corrected chi connectivity index (χ3v) is 3.49. The zero-order chi connectivity index (χ0) is 13.1. The van der Waals surface area contributed by atoms with Gasteiger partial charge in [0.25, 0.3) is 0 Å². The Morgan fingerprint density at radius 2 is 2.33 bits per heavy atom. The van der Waals surface area contributed by atoms with Gasteiger partial charge in [-0.05, 0) is 38.0 Å². The number of nitrogens with one attached hydrogen (secondary N) is 1. The second-order valence-corrected chi connectivity index (χ2v) is 5.20. The van der Waals surface area contributed by atoms with Crippen molar-refractivity contribution in [2.75, 3.05) is 11.9 Å². The molecule has 1 fully saturated rings. The number of nitrogens with zero attached hydrogens (tertiary/aromatic N) is 1. The molecule has 0 aliphatic carbocycles. The van der Waals surface area contributed by atoms with Crippen molar-refractivity contribution in [1.82, 2.24) is 4.90 Å². The number of urea groups is 1. The zero-order valence-corrected chi connectivity index (χ0v) is 11.2. The molecular weight excluding hydrogens is 250 g/mol. The van der Waals surface area contributed by atoms with Gasteiger partial charge in [-0.15, -0.1) is 0 Å². The molecule has 5 heteroatoms. The van der Waals surface area contributed by atoms with Crippen LogP contribution in [0.3, 0.4) is 0 Å². The predicted octanol–water partition coefficient (Wildman–Crippen LogP) is 2.68. The largest absolute Gasteiger partial charge is 0.328 e. The summed E-state index contributed by atoms with van der Waals surface area (Å²) in [5.74, 6) is 0. The van der Waals surface area contributed by atoms with E-state index < -0.39 is 0 Å².